The summed E-state index contributed by atoms with van der Waals surface area (Å²) in [5, 5.41) is 5.93. The molecule has 0 aromatic heterocycles. The zero-order chi connectivity index (χ0) is 17.1. The van der Waals surface area contributed by atoms with E-state index in [4.69, 9.17) is 0 Å². The van der Waals surface area contributed by atoms with Crippen molar-refractivity contribution in [3.63, 3.8) is 0 Å². The van der Waals surface area contributed by atoms with Gasteiger partial charge in [-0.1, -0.05) is 36.4 Å². The van der Waals surface area contributed by atoms with Crippen LogP contribution in [0, 0.1) is 5.92 Å². The number of fused-ring (bicyclic) bond motifs is 1. The van der Waals surface area contributed by atoms with E-state index in [1.165, 1.54) is 42.0 Å². The van der Waals surface area contributed by atoms with Gasteiger partial charge in [-0.2, -0.15) is 0 Å². The van der Waals surface area contributed by atoms with Crippen molar-refractivity contribution in [2.45, 2.75) is 51.1 Å². The van der Waals surface area contributed by atoms with Crippen LogP contribution < -0.4 is 5.32 Å². The maximum absolute atomic E-state index is 12.8. The number of nitrogens with zero attached hydrogens (tertiary/aromatic N) is 1. The van der Waals surface area contributed by atoms with Gasteiger partial charge < -0.3 is 10.2 Å². The first kappa shape index (κ1) is 19.2. The van der Waals surface area contributed by atoms with Gasteiger partial charge in [0.2, 0.25) is 5.91 Å². The molecule has 0 bridgehead atoms. The van der Waals surface area contributed by atoms with Crippen LogP contribution in [0.25, 0.3) is 10.8 Å². The molecule has 2 fully saturated rings. The number of benzene rings is 2. The van der Waals surface area contributed by atoms with Gasteiger partial charge in [-0.25, -0.2) is 0 Å². The van der Waals surface area contributed by atoms with Gasteiger partial charge in [0.1, 0.15) is 0 Å². The fourth-order valence-corrected chi connectivity index (χ4v) is 3.98. The monoisotopic (exact) mass is 372 g/mol. The Bertz CT molecular complexity index is 738. The van der Waals surface area contributed by atoms with Crippen molar-refractivity contribution in [3.05, 3.63) is 48.0 Å². The summed E-state index contributed by atoms with van der Waals surface area (Å²) in [5.74, 6) is 1.08. The minimum absolute atomic E-state index is 0. The summed E-state index contributed by atoms with van der Waals surface area (Å²) in [4.78, 5) is 15.0. The molecular weight excluding hydrogens is 344 g/mol. The molecule has 4 heteroatoms. The second-order valence-electron chi connectivity index (χ2n) is 7.67. The van der Waals surface area contributed by atoms with E-state index in [9.17, 15) is 4.79 Å². The summed E-state index contributed by atoms with van der Waals surface area (Å²) in [7, 11) is 0. The minimum atomic E-state index is 0. The smallest absolute Gasteiger partial charge is 0.223 e. The molecule has 2 aromatic carbocycles. The Labute approximate surface area is 162 Å². The van der Waals surface area contributed by atoms with E-state index in [0.717, 1.165) is 38.4 Å². The van der Waals surface area contributed by atoms with Crippen molar-refractivity contribution in [2.75, 3.05) is 13.1 Å². The molecule has 1 aliphatic heterocycles. The third-order valence-corrected chi connectivity index (χ3v) is 5.70. The highest BCUT2D eigenvalue weighted by atomic mass is 35.5. The van der Waals surface area contributed by atoms with Gasteiger partial charge in [-0.05, 0) is 73.5 Å². The Kier molecular flexibility index (Phi) is 6.55. The molecule has 1 saturated heterocycles. The summed E-state index contributed by atoms with van der Waals surface area (Å²) >= 11 is 0. The predicted octanol–water partition coefficient (Wildman–Crippen LogP) is 4.53. The molecule has 1 N–H and O–H groups in total. The highest BCUT2D eigenvalue weighted by molar-refractivity contribution is 5.85. The molecule has 26 heavy (non-hydrogen) atoms. The van der Waals surface area contributed by atoms with E-state index in [1.807, 2.05) is 0 Å². The van der Waals surface area contributed by atoms with Crippen molar-refractivity contribution in [2.24, 2.45) is 5.92 Å². The molecule has 2 aromatic rings. The fourth-order valence-electron chi connectivity index (χ4n) is 3.98. The van der Waals surface area contributed by atoms with Crippen LogP contribution in [0.4, 0.5) is 0 Å². The average Bonchev–Trinajstić information content (AvgIpc) is 3.50. The van der Waals surface area contributed by atoms with Crippen LogP contribution in [-0.2, 0) is 11.3 Å². The number of rotatable bonds is 6. The molecule has 0 unspecified atom stereocenters. The lowest BCUT2D eigenvalue weighted by atomic mass is 9.93. The zero-order valence-corrected chi connectivity index (χ0v) is 16.1. The molecule has 1 saturated carbocycles. The predicted molar refractivity (Wildman–Crippen MR) is 110 cm³/mol. The highest BCUT2D eigenvalue weighted by Gasteiger charge is 2.32. The van der Waals surface area contributed by atoms with Gasteiger partial charge in [0.15, 0.2) is 0 Å². The number of halogens is 1. The van der Waals surface area contributed by atoms with E-state index in [0.29, 0.717) is 11.9 Å². The quantitative estimate of drug-likeness (QED) is 0.807. The van der Waals surface area contributed by atoms with E-state index < -0.39 is 0 Å². The van der Waals surface area contributed by atoms with Crippen LogP contribution in [0.5, 0.6) is 0 Å². The Morgan fingerprint density at radius 2 is 1.73 bits per heavy atom. The van der Waals surface area contributed by atoms with Crippen molar-refractivity contribution >= 4 is 29.1 Å². The van der Waals surface area contributed by atoms with Gasteiger partial charge in [0, 0.05) is 19.0 Å². The number of hydrogen-bond donors (Lipinski definition) is 1. The van der Waals surface area contributed by atoms with Crippen LogP contribution in [-0.4, -0.2) is 29.9 Å². The SMILES string of the molecule is Cl.O=C(CCC1CCNCC1)N(Cc1ccc2ccccc2c1)C1CC1. The van der Waals surface area contributed by atoms with Crippen molar-refractivity contribution in [1.29, 1.82) is 0 Å². The van der Waals surface area contributed by atoms with E-state index >= 15 is 0 Å². The lowest BCUT2D eigenvalue weighted by molar-refractivity contribution is -0.132. The number of nitrogens with one attached hydrogen (secondary N) is 1. The van der Waals surface area contributed by atoms with Gasteiger partial charge in [0.05, 0.1) is 0 Å². The first-order chi connectivity index (χ1) is 12.3. The standard InChI is InChI=1S/C22H28N2O.ClH/c25-22(10-6-17-11-13-23-14-12-17)24(21-8-9-21)16-18-5-7-19-3-1-2-4-20(19)15-18;/h1-5,7,15,17,21,23H,6,8-14,16H2;1H. The third kappa shape index (κ3) is 4.77. The van der Waals surface area contributed by atoms with Crippen LogP contribution in [0.1, 0.15) is 44.1 Å². The van der Waals surface area contributed by atoms with Gasteiger partial charge in [-0.15, -0.1) is 12.4 Å². The molecule has 1 aliphatic carbocycles. The van der Waals surface area contributed by atoms with E-state index in [-0.39, 0.29) is 12.4 Å². The van der Waals surface area contributed by atoms with Crippen LogP contribution in [0.2, 0.25) is 0 Å². The zero-order valence-electron chi connectivity index (χ0n) is 15.3. The molecule has 0 radical (unpaired) electrons. The van der Waals surface area contributed by atoms with Crippen LogP contribution >= 0.6 is 12.4 Å². The Morgan fingerprint density at radius 3 is 2.46 bits per heavy atom. The molecule has 0 atom stereocenters. The number of carbonyl (C=O) groups excluding carboxylic acids is 1. The molecule has 140 valence electrons. The number of amides is 1. The summed E-state index contributed by atoms with van der Waals surface area (Å²) in [5.41, 5.74) is 1.25. The molecule has 0 spiro atoms. The maximum Gasteiger partial charge on any atom is 0.223 e. The van der Waals surface area contributed by atoms with E-state index in [2.05, 4.69) is 52.7 Å². The maximum atomic E-state index is 12.8. The van der Waals surface area contributed by atoms with Gasteiger partial charge in [0.25, 0.3) is 0 Å². The van der Waals surface area contributed by atoms with Crippen molar-refractivity contribution < 1.29 is 4.79 Å². The van der Waals surface area contributed by atoms with Gasteiger partial charge in [-0.3, -0.25) is 4.79 Å². The highest BCUT2D eigenvalue weighted by Crippen LogP contribution is 2.30. The lowest BCUT2D eigenvalue weighted by Gasteiger charge is -2.26. The molecular formula is C22H29ClN2O. The van der Waals surface area contributed by atoms with Crippen molar-refractivity contribution in [1.82, 2.24) is 10.2 Å². The summed E-state index contributed by atoms with van der Waals surface area (Å²) in [6.45, 7) is 2.99. The average molecular weight is 373 g/mol. The second-order valence-corrected chi connectivity index (χ2v) is 7.67. The van der Waals surface area contributed by atoms with Crippen LogP contribution in [0.15, 0.2) is 42.5 Å². The molecule has 1 amide bonds. The van der Waals surface area contributed by atoms with Crippen molar-refractivity contribution in [3.8, 4) is 0 Å². The normalized spacial score (nSPS) is 17.7. The van der Waals surface area contributed by atoms with Crippen LogP contribution in [0.3, 0.4) is 0 Å². The largest absolute Gasteiger partial charge is 0.335 e. The molecule has 1 heterocycles. The first-order valence-electron chi connectivity index (χ1n) is 9.77. The Morgan fingerprint density at radius 1 is 1.00 bits per heavy atom. The number of piperidine rings is 1. The third-order valence-electron chi connectivity index (χ3n) is 5.70. The lowest BCUT2D eigenvalue weighted by Crippen LogP contribution is -2.33. The van der Waals surface area contributed by atoms with Gasteiger partial charge >= 0.3 is 0 Å². The van der Waals surface area contributed by atoms with E-state index in [1.54, 1.807) is 0 Å². The topological polar surface area (TPSA) is 32.3 Å². The Hall–Kier alpha value is -1.58. The summed E-state index contributed by atoms with van der Waals surface area (Å²) < 4.78 is 0. The molecule has 3 nitrogen and oxygen atoms in total. The number of hydrogen-bond acceptors (Lipinski definition) is 2. The minimum Gasteiger partial charge on any atom is -0.335 e. The molecule has 2 aliphatic rings. The molecule has 4 rings (SSSR count). The Balaban J connectivity index is 0.00000196. The second kappa shape index (κ2) is 8.88. The first-order valence-corrected chi connectivity index (χ1v) is 9.77. The fraction of sp³-hybridized carbons (Fsp3) is 0.500. The summed E-state index contributed by atoms with van der Waals surface area (Å²) in [6, 6.07) is 15.5. The number of carbonyl (C=O) groups is 1. The summed E-state index contributed by atoms with van der Waals surface area (Å²) in [6.07, 6.45) is 6.57.